The third-order valence-electron chi connectivity index (χ3n) is 5.96. The molecule has 2 aromatic rings. The van der Waals surface area contributed by atoms with Gasteiger partial charge in [-0.3, -0.25) is 14.9 Å². The Balaban J connectivity index is 1.29. The van der Waals surface area contributed by atoms with Crippen LogP contribution in [0.4, 0.5) is 0 Å². The molecule has 2 amide bonds. The van der Waals surface area contributed by atoms with Gasteiger partial charge in [-0.1, -0.05) is 24.3 Å². The van der Waals surface area contributed by atoms with E-state index < -0.39 is 12.2 Å². The summed E-state index contributed by atoms with van der Waals surface area (Å²) in [6, 6.07) is 9.80. The van der Waals surface area contributed by atoms with E-state index in [1.807, 2.05) is 0 Å². The number of carbonyl (C=O) groups excluding carboxylic acids is 2. The molecular formula is C22H25N5O2. The second-order valence-corrected chi connectivity index (χ2v) is 8.30. The number of nitrogens with one attached hydrogen (secondary N) is 3. The van der Waals surface area contributed by atoms with Crippen LogP contribution >= 0.6 is 0 Å². The van der Waals surface area contributed by atoms with Gasteiger partial charge in [-0.25, -0.2) is 9.97 Å². The van der Waals surface area contributed by atoms with Crippen molar-refractivity contribution >= 4 is 11.8 Å². The Bertz CT molecular complexity index is 893. The minimum Gasteiger partial charge on any atom is -0.348 e. The summed E-state index contributed by atoms with van der Waals surface area (Å²) in [5, 5.41) is 9.18. The fraction of sp³-hybridized carbons (Fsp3) is 0.455. The summed E-state index contributed by atoms with van der Waals surface area (Å²) in [7, 11) is 0. The van der Waals surface area contributed by atoms with Crippen LogP contribution in [-0.2, 0) is 9.59 Å². The van der Waals surface area contributed by atoms with Crippen molar-refractivity contribution in [2.24, 2.45) is 5.92 Å². The lowest BCUT2D eigenvalue weighted by molar-refractivity contribution is -0.132. The summed E-state index contributed by atoms with van der Waals surface area (Å²) in [5.74, 6) is 1.31. The molecular weight excluding hydrogens is 366 g/mol. The zero-order valence-corrected chi connectivity index (χ0v) is 16.2. The highest BCUT2D eigenvalue weighted by atomic mass is 16.2. The van der Waals surface area contributed by atoms with Crippen LogP contribution in [0.5, 0.6) is 0 Å². The molecule has 1 aliphatic heterocycles. The number of nitrogens with zero attached hydrogens (tertiary/aromatic N) is 2. The first-order valence-electron chi connectivity index (χ1n) is 10.4. The Morgan fingerprint density at radius 3 is 2.45 bits per heavy atom. The van der Waals surface area contributed by atoms with Crippen LogP contribution in [0.15, 0.2) is 42.7 Å². The van der Waals surface area contributed by atoms with Crippen LogP contribution in [-0.4, -0.2) is 27.8 Å². The minimum atomic E-state index is -0.607. The fourth-order valence-corrected chi connectivity index (χ4v) is 4.02. The van der Waals surface area contributed by atoms with Crippen LogP contribution < -0.4 is 16.0 Å². The van der Waals surface area contributed by atoms with Crippen LogP contribution in [0.1, 0.15) is 67.2 Å². The van der Waals surface area contributed by atoms with Crippen LogP contribution in [0.25, 0.3) is 0 Å². The predicted molar refractivity (Wildman–Crippen MR) is 106 cm³/mol. The maximum Gasteiger partial charge on any atom is 0.238 e. The molecule has 7 heteroatoms. The summed E-state index contributed by atoms with van der Waals surface area (Å²) >= 11 is 0. The second-order valence-electron chi connectivity index (χ2n) is 8.30. The summed E-state index contributed by atoms with van der Waals surface area (Å²) in [6.07, 6.45) is 7.58. The minimum absolute atomic E-state index is 0.00559. The average Bonchev–Trinajstić information content (AvgIpc) is 3.65. The van der Waals surface area contributed by atoms with Crippen molar-refractivity contribution in [1.29, 1.82) is 0 Å². The van der Waals surface area contributed by atoms with Gasteiger partial charge in [0.05, 0.1) is 18.5 Å². The van der Waals surface area contributed by atoms with E-state index in [2.05, 4.69) is 50.2 Å². The number of hydrogen-bond donors (Lipinski definition) is 3. The highest BCUT2D eigenvalue weighted by molar-refractivity contribution is 5.89. The van der Waals surface area contributed by atoms with E-state index >= 15 is 0 Å². The maximum atomic E-state index is 13.0. The molecule has 1 aromatic heterocycles. The monoisotopic (exact) mass is 391 g/mol. The quantitative estimate of drug-likeness (QED) is 0.701. The Morgan fingerprint density at radius 1 is 1.07 bits per heavy atom. The van der Waals surface area contributed by atoms with E-state index in [0.29, 0.717) is 11.7 Å². The standard InChI is InChI=1S/C22H25N5O2/c28-18-12-17(25-21(26-18)20-23-10-1-11-24-20)22(29)27-19(16-8-9-16)15-6-4-14(5-7-15)13-2-3-13/h1,4-7,10-11,13,16-17,19,21,25H,2-3,8-9,12H2,(H,26,28)(H,27,29)/t17?,19-,21?/m0/s1. The van der Waals surface area contributed by atoms with E-state index in [9.17, 15) is 9.59 Å². The molecule has 150 valence electrons. The third kappa shape index (κ3) is 4.15. The normalized spacial score (nSPS) is 25.2. The molecule has 3 fully saturated rings. The molecule has 0 radical (unpaired) electrons. The predicted octanol–water partition coefficient (Wildman–Crippen LogP) is 2.10. The third-order valence-corrected chi connectivity index (χ3v) is 5.96. The van der Waals surface area contributed by atoms with Gasteiger partial charge >= 0.3 is 0 Å². The zero-order valence-electron chi connectivity index (χ0n) is 16.2. The molecule has 7 nitrogen and oxygen atoms in total. The summed E-state index contributed by atoms with van der Waals surface area (Å²) < 4.78 is 0. The molecule has 5 rings (SSSR count). The van der Waals surface area contributed by atoms with Gasteiger partial charge in [0.2, 0.25) is 11.8 Å². The summed E-state index contributed by atoms with van der Waals surface area (Å²) in [4.78, 5) is 33.6. The van der Waals surface area contributed by atoms with Crippen molar-refractivity contribution in [3.63, 3.8) is 0 Å². The largest absolute Gasteiger partial charge is 0.348 e. The molecule has 2 unspecified atom stereocenters. The van der Waals surface area contributed by atoms with Gasteiger partial charge in [-0.15, -0.1) is 0 Å². The van der Waals surface area contributed by atoms with Crippen LogP contribution in [0.3, 0.4) is 0 Å². The molecule has 0 bridgehead atoms. The van der Waals surface area contributed by atoms with E-state index in [1.54, 1.807) is 18.5 Å². The molecule has 1 saturated heterocycles. The van der Waals surface area contributed by atoms with Crippen LogP contribution in [0, 0.1) is 5.92 Å². The van der Waals surface area contributed by atoms with Gasteiger partial charge in [-0.2, -0.15) is 0 Å². The molecule has 2 heterocycles. The number of benzene rings is 1. The molecule has 0 spiro atoms. The fourth-order valence-electron chi connectivity index (χ4n) is 4.02. The number of aromatic nitrogens is 2. The summed E-state index contributed by atoms with van der Waals surface area (Å²) in [6.45, 7) is 0. The highest BCUT2D eigenvalue weighted by Gasteiger charge is 2.37. The molecule has 2 aliphatic carbocycles. The van der Waals surface area contributed by atoms with Crippen molar-refractivity contribution < 1.29 is 9.59 Å². The molecule has 1 aromatic carbocycles. The van der Waals surface area contributed by atoms with Gasteiger partial charge in [0.1, 0.15) is 6.17 Å². The van der Waals surface area contributed by atoms with Gasteiger partial charge in [0.25, 0.3) is 0 Å². The molecule has 3 atom stereocenters. The second kappa shape index (κ2) is 7.55. The smallest absolute Gasteiger partial charge is 0.238 e. The van der Waals surface area contributed by atoms with E-state index in [-0.39, 0.29) is 24.3 Å². The van der Waals surface area contributed by atoms with E-state index in [0.717, 1.165) is 24.3 Å². The van der Waals surface area contributed by atoms with Crippen molar-refractivity contribution in [3.8, 4) is 0 Å². The number of rotatable bonds is 6. The van der Waals surface area contributed by atoms with Crippen molar-refractivity contribution in [3.05, 3.63) is 59.7 Å². The number of carbonyl (C=O) groups is 2. The lowest BCUT2D eigenvalue weighted by Gasteiger charge is -2.31. The molecule has 29 heavy (non-hydrogen) atoms. The first-order chi connectivity index (χ1) is 14.2. The van der Waals surface area contributed by atoms with Crippen LogP contribution in [0.2, 0.25) is 0 Å². The first kappa shape index (κ1) is 18.2. The van der Waals surface area contributed by atoms with Crippen molar-refractivity contribution in [2.45, 2.75) is 56.3 Å². The molecule has 3 aliphatic rings. The SMILES string of the molecule is O=C1CC(C(=O)N[C@@H](c2ccc(C3CC3)cc2)C2CC2)NC(c2ncccn2)N1. The highest BCUT2D eigenvalue weighted by Crippen LogP contribution is 2.43. The average molecular weight is 391 g/mol. The lowest BCUT2D eigenvalue weighted by atomic mass is 9.98. The van der Waals surface area contributed by atoms with Crippen molar-refractivity contribution in [1.82, 2.24) is 25.9 Å². The Labute approximate surface area is 169 Å². The first-order valence-corrected chi connectivity index (χ1v) is 10.4. The Morgan fingerprint density at radius 2 is 1.79 bits per heavy atom. The lowest BCUT2D eigenvalue weighted by Crippen LogP contribution is -2.57. The van der Waals surface area contributed by atoms with E-state index in [4.69, 9.17) is 0 Å². The molecule has 2 saturated carbocycles. The number of hydrogen-bond acceptors (Lipinski definition) is 5. The zero-order chi connectivity index (χ0) is 19.8. The molecule has 3 N–H and O–H groups in total. The topological polar surface area (TPSA) is 96.0 Å². The van der Waals surface area contributed by atoms with Gasteiger partial charge in [0.15, 0.2) is 5.82 Å². The Kier molecular flexibility index (Phi) is 4.75. The summed E-state index contributed by atoms with van der Waals surface area (Å²) in [5.41, 5.74) is 2.54. The van der Waals surface area contributed by atoms with Gasteiger partial charge in [0, 0.05) is 12.4 Å². The van der Waals surface area contributed by atoms with Gasteiger partial charge in [-0.05, 0) is 54.7 Å². The van der Waals surface area contributed by atoms with Crippen molar-refractivity contribution in [2.75, 3.05) is 0 Å². The van der Waals surface area contributed by atoms with Gasteiger partial charge < -0.3 is 10.6 Å². The number of amides is 2. The Hall–Kier alpha value is -2.80. The van der Waals surface area contributed by atoms with E-state index in [1.165, 1.54) is 18.4 Å². The maximum absolute atomic E-state index is 13.0.